The molecule has 0 aliphatic rings. The van der Waals surface area contributed by atoms with Gasteiger partial charge in [0.15, 0.2) is 58.2 Å². The lowest BCUT2D eigenvalue weighted by Crippen LogP contribution is -2.52. The Morgan fingerprint density at radius 3 is 0.978 bits per heavy atom. The van der Waals surface area contributed by atoms with Crippen molar-refractivity contribution in [2.24, 2.45) is 0 Å². The molecule has 4 aromatic rings. The van der Waals surface area contributed by atoms with E-state index in [1.807, 2.05) is 38.1 Å². The zero-order valence-electron chi connectivity index (χ0n) is 25.2. The van der Waals surface area contributed by atoms with Crippen molar-refractivity contribution >= 4 is 36.2 Å². The van der Waals surface area contributed by atoms with E-state index >= 15 is 17.6 Å². The SMILES string of the molecule is C/C(=C\P(c1c(C)cc(C)cc1C)c1c(C)cc(C)cc1C)B(c1c(F)c(F)c(F)c(F)c1F)c1c(F)c(F)c(F)c(F)c1F. The summed E-state index contributed by atoms with van der Waals surface area (Å²) in [6.07, 6.45) is 0. The third-order valence-electron chi connectivity index (χ3n) is 7.61. The fourth-order valence-corrected chi connectivity index (χ4v) is 8.79. The van der Waals surface area contributed by atoms with Gasteiger partial charge in [-0.3, -0.25) is 0 Å². The Kier molecular flexibility index (Phi) is 9.65. The standard InChI is InChI=1S/C33H26BF10P/c1-13-8-15(3)32(16(4)9-13)45(33-17(5)10-14(2)11-18(33)6)12-19(7)34(20-22(35)26(39)30(43)27(40)23(20)36)21-24(37)28(41)31(44)29(42)25(21)38/h8-12H,1-7H3/b19-12+. The number of hydrogen-bond acceptors (Lipinski definition) is 0. The predicted molar refractivity (Wildman–Crippen MR) is 159 cm³/mol. The second-order valence-electron chi connectivity index (χ2n) is 11.1. The van der Waals surface area contributed by atoms with Gasteiger partial charge in [-0.05, 0) is 82.3 Å². The molecule has 45 heavy (non-hydrogen) atoms. The second-order valence-corrected chi connectivity index (χ2v) is 13.0. The topological polar surface area (TPSA) is 0 Å². The smallest absolute Gasteiger partial charge is 0.204 e. The van der Waals surface area contributed by atoms with Crippen LogP contribution in [0.5, 0.6) is 0 Å². The Morgan fingerprint density at radius 1 is 0.467 bits per heavy atom. The van der Waals surface area contributed by atoms with Gasteiger partial charge in [-0.15, -0.1) is 0 Å². The van der Waals surface area contributed by atoms with E-state index in [9.17, 15) is 26.3 Å². The third-order valence-corrected chi connectivity index (χ3v) is 10.6. The minimum atomic E-state index is -2.61. The van der Waals surface area contributed by atoms with Gasteiger partial charge in [0, 0.05) is 10.9 Å². The first-order valence-corrected chi connectivity index (χ1v) is 15.0. The summed E-state index contributed by atoms with van der Waals surface area (Å²) in [5, 5.41) is 1.44. The van der Waals surface area contributed by atoms with E-state index in [1.54, 1.807) is 27.7 Å². The molecule has 0 fully saturated rings. The Hall–Kier alpha value is -3.59. The highest BCUT2D eigenvalue weighted by molar-refractivity contribution is 7.76. The lowest BCUT2D eigenvalue weighted by molar-refractivity contribution is 0.382. The van der Waals surface area contributed by atoms with E-state index in [0.717, 1.165) is 50.9 Å². The monoisotopic (exact) mass is 654 g/mol. The fraction of sp³-hybridized carbons (Fsp3) is 0.212. The van der Waals surface area contributed by atoms with Crippen LogP contribution in [0.1, 0.15) is 40.3 Å². The first kappa shape index (κ1) is 34.3. The molecule has 4 aromatic carbocycles. The first-order chi connectivity index (χ1) is 20.9. The van der Waals surface area contributed by atoms with Crippen molar-refractivity contribution in [2.45, 2.75) is 48.5 Å². The molecule has 12 heteroatoms. The Bertz CT molecular complexity index is 1670. The molecule has 236 valence electrons. The summed E-state index contributed by atoms with van der Waals surface area (Å²) < 4.78 is 147. The van der Waals surface area contributed by atoms with Gasteiger partial charge >= 0.3 is 0 Å². The largest absolute Gasteiger partial charge is 0.252 e. The maximum absolute atomic E-state index is 15.3. The molecule has 0 unspecified atom stereocenters. The Labute approximate surface area is 255 Å². The summed E-state index contributed by atoms with van der Waals surface area (Å²) in [6, 6.07) is 7.47. The van der Waals surface area contributed by atoms with E-state index in [1.165, 1.54) is 5.82 Å². The van der Waals surface area contributed by atoms with Gasteiger partial charge in [-0.25, -0.2) is 43.9 Å². The van der Waals surface area contributed by atoms with Crippen LogP contribution in [-0.4, -0.2) is 6.71 Å². The molecule has 0 aromatic heterocycles. The quantitative estimate of drug-likeness (QED) is 0.0649. The lowest BCUT2D eigenvalue weighted by atomic mass is 9.36. The average molecular weight is 654 g/mol. The third kappa shape index (κ3) is 5.91. The van der Waals surface area contributed by atoms with Gasteiger partial charge in [0.25, 0.3) is 6.71 Å². The van der Waals surface area contributed by atoms with E-state index in [4.69, 9.17) is 0 Å². The summed E-state index contributed by atoms with van der Waals surface area (Å²) >= 11 is 0. The molecule has 0 saturated carbocycles. The number of halogens is 10. The highest BCUT2D eigenvalue weighted by Gasteiger charge is 2.41. The zero-order chi connectivity index (χ0) is 33.8. The van der Waals surface area contributed by atoms with Crippen molar-refractivity contribution in [1.29, 1.82) is 0 Å². The van der Waals surface area contributed by atoms with Crippen LogP contribution in [0, 0.1) is 99.7 Å². The average Bonchev–Trinajstić information content (AvgIpc) is 2.95. The Balaban J connectivity index is 2.20. The minimum Gasteiger partial charge on any atom is -0.204 e. The van der Waals surface area contributed by atoms with Crippen molar-refractivity contribution < 1.29 is 43.9 Å². The van der Waals surface area contributed by atoms with Crippen LogP contribution in [-0.2, 0) is 0 Å². The van der Waals surface area contributed by atoms with Crippen LogP contribution in [0.15, 0.2) is 35.6 Å². The summed E-state index contributed by atoms with van der Waals surface area (Å²) in [5.41, 5.74) is 0.964. The summed E-state index contributed by atoms with van der Waals surface area (Å²) in [5.74, 6) is -23.4. The van der Waals surface area contributed by atoms with Crippen LogP contribution in [0.2, 0.25) is 0 Å². The number of aryl methyl sites for hydroxylation is 6. The van der Waals surface area contributed by atoms with Crippen LogP contribution >= 0.6 is 7.92 Å². The zero-order valence-corrected chi connectivity index (χ0v) is 26.1. The van der Waals surface area contributed by atoms with E-state index in [-0.39, 0.29) is 0 Å². The maximum atomic E-state index is 15.3. The highest BCUT2D eigenvalue weighted by Crippen LogP contribution is 2.42. The van der Waals surface area contributed by atoms with Gasteiger partial charge in [-0.1, -0.05) is 53.6 Å². The molecule has 0 nitrogen and oxygen atoms in total. The van der Waals surface area contributed by atoms with Gasteiger partial charge in [0.05, 0.1) is 0 Å². The summed E-state index contributed by atoms with van der Waals surface area (Å²) in [7, 11) is -1.77. The molecule has 4 rings (SSSR count). The molecule has 0 amide bonds. The van der Waals surface area contributed by atoms with E-state index in [0.29, 0.717) is 0 Å². The van der Waals surface area contributed by atoms with Crippen LogP contribution < -0.4 is 21.5 Å². The predicted octanol–water partition coefficient (Wildman–Crippen LogP) is 8.11. The molecule has 0 spiro atoms. The number of rotatable bonds is 6. The summed E-state index contributed by atoms with van der Waals surface area (Å²) in [4.78, 5) is 0. The van der Waals surface area contributed by atoms with Crippen molar-refractivity contribution in [3.05, 3.63) is 127 Å². The first-order valence-electron chi connectivity index (χ1n) is 13.6. The highest BCUT2D eigenvalue weighted by atomic mass is 31.1. The number of hydrogen-bond donors (Lipinski definition) is 0. The van der Waals surface area contributed by atoms with Crippen molar-refractivity contribution in [3.63, 3.8) is 0 Å². The van der Waals surface area contributed by atoms with Gasteiger partial charge in [-0.2, -0.15) is 0 Å². The number of benzene rings is 4. The van der Waals surface area contributed by atoms with Crippen molar-refractivity contribution in [1.82, 2.24) is 0 Å². The fourth-order valence-electron chi connectivity index (χ4n) is 5.97. The molecule has 0 heterocycles. The normalized spacial score (nSPS) is 12.0. The van der Waals surface area contributed by atoms with Crippen LogP contribution in [0.4, 0.5) is 43.9 Å². The minimum absolute atomic E-state index is 0.411. The van der Waals surface area contributed by atoms with Crippen molar-refractivity contribution in [3.8, 4) is 0 Å². The van der Waals surface area contributed by atoms with Gasteiger partial charge in [0.1, 0.15) is 0 Å². The molecule has 0 aliphatic carbocycles. The second kappa shape index (κ2) is 12.7. The maximum Gasteiger partial charge on any atom is 0.252 e. The summed E-state index contributed by atoms with van der Waals surface area (Å²) in [6.45, 7) is 9.41. The Morgan fingerprint density at radius 2 is 0.711 bits per heavy atom. The van der Waals surface area contributed by atoms with Gasteiger partial charge in [0.2, 0.25) is 0 Å². The van der Waals surface area contributed by atoms with Crippen LogP contribution in [0.3, 0.4) is 0 Å². The number of allylic oxidation sites excluding steroid dienone is 1. The molecule has 0 radical (unpaired) electrons. The van der Waals surface area contributed by atoms with Gasteiger partial charge < -0.3 is 0 Å². The lowest BCUT2D eigenvalue weighted by Gasteiger charge is -2.27. The molecule has 0 bridgehead atoms. The van der Waals surface area contributed by atoms with Crippen molar-refractivity contribution in [2.75, 3.05) is 0 Å². The molecule has 0 atom stereocenters. The molecule has 0 saturated heterocycles. The van der Waals surface area contributed by atoms with E-state index in [2.05, 4.69) is 0 Å². The molecular weight excluding hydrogens is 628 g/mol. The molecule has 0 aliphatic heterocycles. The van der Waals surface area contributed by atoms with E-state index < -0.39 is 89.2 Å². The van der Waals surface area contributed by atoms with Crippen LogP contribution in [0.25, 0.3) is 0 Å². The molecular formula is C33H26BF10P. The molecule has 0 N–H and O–H groups in total.